The highest BCUT2D eigenvalue weighted by Gasteiger charge is 2.38. The first-order valence-electron chi connectivity index (χ1n) is 14.2. The molecule has 0 saturated carbocycles. The van der Waals surface area contributed by atoms with Crippen molar-refractivity contribution in [2.75, 3.05) is 26.2 Å². The maximum Gasteiger partial charge on any atom is 0.326 e. The van der Waals surface area contributed by atoms with Crippen LogP contribution in [-0.2, 0) is 28.8 Å². The number of nitrogens with one attached hydrogen (secondary N) is 6. The van der Waals surface area contributed by atoms with E-state index in [-0.39, 0.29) is 50.3 Å². The highest BCUT2D eigenvalue weighted by molar-refractivity contribution is 5.95. The molecular weight excluding hydrogens is 550 g/mol. The maximum atomic E-state index is 13.1. The van der Waals surface area contributed by atoms with E-state index in [4.69, 9.17) is 16.9 Å². The molecule has 16 nitrogen and oxygen atoms in total. The molecule has 238 valence electrons. The Kier molecular flexibility index (Phi) is 15.3. The summed E-state index contributed by atoms with van der Waals surface area (Å²) in [5.74, 6) is -4.66. The molecule has 0 bridgehead atoms. The molecule has 1 aliphatic rings. The van der Waals surface area contributed by atoms with Gasteiger partial charge in [-0.1, -0.05) is 27.7 Å². The molecular formula is C26H47N9O7. The Bertz CT molecular complexity index is 989. The summed E-state index contributed by atoms with van der Waals surface area (Å²) in [6.07, 6.45) is 1.73. The van der Waals surface area contributed by atoms with Gasteiger partial charge in [-0.15, -0.1) is 0 Å². The molecule has 0 aromatic heterocycles. The fourth-order valence-corrected chi connectivity index (χ4v) is 4.54. The SMILES string of the molecule is CC(C)C[C@H](NC(=O)CNC(=O)[C@@H](NC(=O)[C@H](CCCNC(=N)N)NC(=O)CN)C(C)C)C(=O)N1CCC[C@H]1C(=O)O. The largest absolute Gasteiger partial charge is 0.480 e. The summed E-state index contributed by atoms with van der Waals surface area (Å²) in [6, 6.07) is -3.95. The number of likely N-dealkylation sites (tertiary alicyclic amines) is 1. The lowest BCUT2D eigenvalue weighted by Crippen LogP contribution is -2.57. The summed E-state index contributed by atoms with van der Waals surface area (Å²) in [5.41, 5.74) is 10.6. The Balaban J connectivity index is 2.84. The van der Waals surface area contributed by atoms with E-state index in [9.17, 15) is 33.9 Å². The molecule has 1 fully saturated rings. The van der Waals surface area contributed by atoms with Gasteiger partial charge in [0.1, 0.15) is 24.2 Å². The van der Waals surface area contributed by atoms with E-state index < -0.39 is 66.2 Å². The van der Waals surface area contributed by atoms with E-state index in [1.807, 2.05) is 13.8 Å². The van der Waals surface area contributed by atoms with Gasteiger partial charge in [0.15, 0.2) is 5.96 Å². The Morgan fingerprint density at radius 1 is 0.952 bits per heavy atom. The smallest absolute Gasteiger partial charge is 0.326 e. The van der Waals surface area contributed by atoms with Crippen LogP contribution in [0.1, 0.15) is 59.8 Å². The number of amides is 5. The van der Waals surface area contributed by atoms with Gasteiger partial charge in [-0.3, -0.25) is 29.4 Å². The molecule has 1 aliphatic heterocycles. The molecule has 5 amide bonds. The molecule has 16 heteroatoms. The van der Waals surface area contributed by atoms with Gasteiger partial charge in [-0.05, 0) is 43.9 Å². The monoisotopic (exact) mass is 597 g/mol. The lowest BCUT2D eigenvalue weighted by atomic mass is 10.0. The Labute approximate surface area is 245 Å². The van der Waals surface area contributed by atoms with E-state index in [0.717, 1.165) is 0 Å². The van der Waals surface area contributed by atoms with Gasteiger partial charge >= 0.3 is 5.97 Å². The van der Waals surface area contributed by atoms with E-state index in [2.05, 4.69) is 26.6 Å². The number of nitrogens with two attached hydrogens (primary N) is 2. The Morgan fingerprint density at radius 3 is 2.14 bits per heavy atom. The van der Waals surface area contributed by atoms with Crippen molar-refractivity contribution >= 4 is 41.5 Å². The van der Waals surface area contributed by atoms with Crippen LogP contribution in [-0.4, -0.2) is 102 Å². The van der Waals surface area contributed by atoms with Crippen LogP contribution < -0.4 is 38.1 Å². The van der Waals surface area contributed by atoms with Crippen molar-refractivity contribution < 1.29 is 33.9 Å². The number of guanidine groups is 1. The van der Waals surface area contributed by atoms with Crippen molar-refractivity contribution in [3.05, 3.63) is 0 Å². The zero-order valence-corrected chi connectivity index (χ0v) is 24.8. The van der Waals surface area contributed by atoms with Crippen LogP contribution in [0.4, 0.5) is 0 Å². The third-order valence-corrected chi connectivity index (χ3v) is 6.65. The Morgan fingerprint density at radius 2 is 1.60 bits per heavy atom. The van der Waals surface area contributed by atoms with Gasteiger partial charge in [0.05, 0.1) is 13.1 Å². The second-order valence-corrected chi connectivity index (χ2v) is 11.0. The predicted molar refractivity (Wildman–Crippen MR) is 154 cm³/mol. The molecule has 0 unspecified atom stereocenters. The van der Waals surface area contributed by atoms with Crippen molar-refractivity contribution in [3.63, 3.8) is 0 Å². The average molecular weight is 598 g/mol. The highest BCUT2D eigenvalue weighted by Crippen LogP contribution is 2.20. The quantitative estimate of drug-likeness (QED) is 0.0485. The van der Waals surface area contributed by atoms with Gasteiger partial charge < -0.3 is 48.1 Å². The van der Waals surface area contributed by atoms with Gasteiger partial charge in [0.2, 0.25) is 29.5 Å². The first-order chi connectivity index (χ1) is 19.7. The van der Waals surface area contributed by atoms with Gasteiger partial charge in [0, 0.05) is 13.1 Å². The third kappa shape index (κ3) is 12.3. The number of rotatable bonds is 17. The van der Waals surface area contributed by atoms with Crippen molar-refractivity contribution in [2.45, 2.75) is 84.0 Å². The van der Waals surface area contributed by atoms with Gasteiger partial charge in [-0.2, -0.15) is 0 Å². The lowest BCUT2D eigenvalue weighted by Gasteiger charge is -2.28. The van der Waals surface area contributed by atoms with Crippen LogP contribution in [0.5, 0.6) is 0 Å². The predicted octanol–water partition coefficient (Wildman–Crippen LogP) is -2.44. The summed E-state index contributed by atoms with van der Waals surface area (Å²) in [6.45, 7) is 6.88. The maximum absolute atomic E-state index is 13.1. The van der Waals surface area contributed by atoms with Crippen LogP contribution in [0.15, 0.2) is 0 Å². The van der Waals surface area contributed by atoms with Crippen molar-refractivity contribution in [1.29, 1.82) is 5.41 Å². The molecule has 1 heterocycles. The van der Waals surface area contributed by atoms with Crippen LogP contribution in [0.25, 0.3) is 0 Å². The van der Waals surface area contributed by atoms with Crippen molar-refractivity contribution in [2.24, 2.45) is 23.3 Å². The zero-order chi connectivity index (χ0) is 32.0. The summed E-state index contributed by atoms with van der Waals surface area (Å²) >= 11 is 0. The number of carboxylic acids is 1. The molecule has 4 atom stereocenters. The topological polar surface area (TPSA) is 262 Å². The van der Waals surface area contributed by atoms with Crippen molar-refractivity contribution in [3.8, 4) is 0 Å². The molecule has 42 heavy (non-hydrogen) atoms. The van der Waals surface area contributed by atoms with Gasteiger partial charge in [0.25, 0.3) is 0 Å². The summed E-state index contributed by atoms with van der Waals surface area (Å²) in [5, 5.41) is 29.5. The summed E-state index contributed by atoms with van der Waals surface area (Å²) in [4.78, 5) is 76.6. The number of nitrogens with zero attached hydrogens (tertiary/aromatic N) is 1. The zero-order valence-electron chi connectivity index (χ0n) is 24.8. The number of carboxylic acid groups (broad SMARTS) is 1. The average Bonchev–Trinajstić information content (AvgIpc) is 3.41. The van der Waals surface area contributed by atoms with E-state index in [1.54, 1.807) is 13.8 Å². The van der Waals surface area contributed by atoms with E-state index in [1.165, 1.54) is 4.90 Å². The molecule has 0 aliphatic carbocycles. The molecule has 0 spiro atoms. The number of hydrogen-bond donors (Lipinski definition) is 9. The first kappa shape index (κ1) is 36.1. The number of carbonyl (C=O) groups excluding carboxylic acids is 5. The highest BCUT2D eigenvalue weighted by atomic mass is 16.4. The molecule has 0 aromatic rings. The third-order valence-electron chi connectivity index (χ3n) is 6.65. The second kappa shape index (κ2) is 17.8. The van der Waals surface area contributed by atoms with Crippen LogP contribution in [0.3, 0.4) is 0 Å². The molecule has 0 aromatic carbocycles. The minimum Gasteiger partial charge on any atom is -0.480 e. The van der Waals surface area contributed by atoms with Crippen molar-refractivity contribution in [1.82, 2.24) is 31.5 Å². The molecule has 11 N–H and O–H groups in total. The fraction of sp³-hybridized carbons (Fsp3) is 0.731. The van der Waals surface area contributed by atoms with Gasteiger partial charge in [-0.25, -0.2) is 4.79 Å². The number of carbonyl (C=O) groups is 6. The first-order valence-corrected chi connectivity index (χ1v) is 14.2. The second-order valence-electron chi connectivity index (χ2n) is 11.0. The standard InChI is InChI=1S/C26H47N9O7/c1-14(2)11-17(24(40)35-10-6-8-18(35)25(41)42)33-20(37)13-31-23(39)21(15(3)4)34-22(38)16(32-19(36)12-27)7-5-9-30-26(28)29/h14-18,21H,5-13,27H2,1-4H3,(H,31,39)(H,32,36)(H,33,37)(H,34,38)(H,41,42)(H4,28,29,30)/t16-,17-,18-,21-/m0/s1. The van der Waals surface area contributed by atoms with Crippen LogP contribution in [0, 0.1) is 17.2 Å². The summed E-state index contributed by atoms with van der Waals surface area (Å²) < 4.78 is 0. The minimum atomic E-state index is -1.10. The molecule has 1 rings (SSSR count). The van der Waals surface area contributed by atoms with Crippen LogP contribution >= 0.6 is 0 Å². The molecule has 1 saturated heterocycles. The Hall–Kier alpha value is -3.95. The van der Waals surface area contributed by atoms with Crippen LogP contribution in [0.2, 0.25) is 0 Å². The van der Waals surface area contributed by atoms with E-state index in [0.29, 0.717) is 19.3 Å². The molecule has 0 radical (unpaired) electrons. The summed E-state index contributed by atoms with van der Waals surface area (Å²) in [7, 11) is 0. The number of aliphatic carboxylic acids is 1. The fourth-order valence-electron chi connectivity index (χ4n) is 4.54. The lowest BCUT2D eigenvalue weighted by molar-refractivity contribution is -0.149. The minimum absolute atomic E-state index is 0.0196. The van der Waals surface area contributed by atoms with E-state index >= 15 is 0 Å². The number of hydrogen-bond acceptors (Lipinski definition) is 8. The normalized spacial score (nSPS) is 16.7.